The van der Waals surface area contributed by atoms with E-state index in [0.717, 1.165) is 18.6 Å². The zero-order chi connectivity index (χ0) is 9.52. The number of hydrogen-bond acceptors (Lipinski definition) is 1. The van der Waals surface area contributed by atoms with E-state index in [1.807, 2.05) is 18.2 Å². The fraction of sp³-hybridized carbons (Fsp3) is 0.333. The minimum atomic E-state index is 0.584. The molecule has 0 aromatic heterocycles. The second-order valence-electron chi connectivity index (χ2n) is 2.96. The lowest BCUT2D eigenvalue weighted by Crippen LogP contribution is -1.96. The van der Waals surface area contributed by atoms with Gasteiger partial charge in [-0.25, -0.2) is 0 Å². The summed E-state index contributed by atoms with van der Waals surface area (Å²) in [6.07, 6.45) is 3.99. The van der Waals surface area contributed by atoms with Gasteiger partial charge in [0.1, 0.15) is 12.4 Å². The van der Waals surface area contributed by atoms with Gasteiger partial charge in [-0.05, 0) is 18.1 Å². The van der Waals surface area contributed by atoms with Gasteiger partial charge in [-0.2, -0.15) is 0 Å². The van der Waals surface area contributed by atoms with E-state index >= 15 is 0 Å². The lowest BCUT2D eigenvalue weighted by molar-refractivity contribution is 0.359. The maximum atomic E-state index is 5.52. The summed E-state index contributed by atoms with van der Waals surface area (Å²) in [4.78, 5) is 0. The van der Waals surface area contributed by atoms with Gasteiger partial charge in [0.05, 0.1) is 0 Å². The van der Waals surface area contributed by atoms with Gasteiger partial charge in [-0.3, -0.25) is 0 Å². The first kappa shape index (κ1) is 9.85. The number of hydrogen-bond donors (Lipinski definition) is 0. The molecule has 0 saturated carbocycles. The molecule has 1 heteroatoms. The summed E-state index contributed by atoms with van der Waals surface area (Å²) >= 11 is 0. The summed E-state index contributed by atoms with van der Waals surface area (Å²) < 4.78 is 5.52. The van der Waals surface area contributed by atoms with E-state index in [4.69, 9.17) is 4.74 Å². The molecule has 0 saturated heterocycles. The van der Waals surface area contributed by atoms with Crippen molar-refractivity contribution < 1.29 is 4.74 Å². The van der Waals surface area contributed by atoms with Crippen LogP contribution in [-0.2, 0) is 6.42 Å². The van der Waals surface area contributed by atoms with E-state index in [1.165, 1.54) is 5.56 Å². The molecule has 0 heterocycles. The average Bonchev–Trinajstić information content (AvgIpc) is 2.17. The normalized spacial score (nSPS) is 9.62. The summed E-state index contributed by atoms with van der Waals surface area (Å²) in [6, 6.07) is 8.17. The van der Waals surface area contributed by atoms with Gasteiger partial charge in [-0.1, -0.05) is 44.2 Å². The highest BCUT2D eigenvalue weighted by Gasteiger charge is 1.99. The van der Waals surface area contributed by atoms with Crippen molar-refractivity contribution in [2.45, 2.75) is 19.8 Å². The second kappa shape index (κ2) is 5.41. The molecule has 0 spiro atoms. The monoisotopic (exact) mass is 176 g/mol. The molecule has 0 atom stereocenters. The number of para-hydroxylation sites is 1. The Morgan fingerprint density at radius 2 is 2.15 bits per heavy atom. The molecule has 70 valence electrons. The molecule has 1 aromatic carbocycles. The molecule has 1 aromatic rings. The SMILES string of the molecule is C=CCOc1ccccc1CCC. The van der Waals surface area contributed by atoms with Crippen molar-refractivity contribution in [2.75, 3.05) is 6.61 Å². The fourth-order valence-electron chi connectivity index (χ4n) is 1.27. The van der Waals surface area contributed by atoms with E-state index in [9.17, 15) is 0 Å². The Hall–Kier alpha value is -1.24. The lowest BCUT2D eigenvalue weighted by atomic mass is 10.1. The van der Waals surface area contributed by atoms with E-state index < -0.39 is 0 Å². The van der Waals surface area contributed by atoms with Crippen LogP contribution in [0.5, 0.6) is 5.75 Å². The Morgan fingerprint density at radius 3 is 2.85 bits per heavy atom. The molecule has 0 N–H and O–H groups in total. The van der Waals surface area contributed by atoms with Crippen LogP contribution in [0.3, 0.4) is 0 Å². The van der Waals surface area contributed by atoms with Crippen molar-refractivity contribution >= 4 is 0 Å². The third kappa shape index (κ3) is 2.94. The summed E-state index contributed by atoms with van der Waals surface area (Å²) in [6.45, 7) is 6.38. The number of rotatable bonds is 5. The molecule has 0 amide bonds. The predicted molar refractivity (Wildman–Crippen MR) is 56.1 cm³/mol. The van der Waals surface area contributed by atoms with Gasteiger partial charge in [0.25, 0.3) is 0 Å². The van der Waals surface area contributed by atoms with Crippen LogP contribution in [0.15, 0.2) is 36.9 Å². The molecule has 0 aliphatic rings. The fourth-order valence-corrected chi connectivity index (χ4v) is 1.27. The maximum absolute atomic E-state index is 5.52. The molecule has 1 rings (SSSR count). The predicted octanol–water partition coefficient (Wildman–Crippen LogP) is 3.20. The largest absolute Gasteiger partial charge is 0.489 e. The molecule has 0 unspecified atom stereocenters. The summed E-state index contributed by atoms with van der Waals surface area (Å²) in [5.41, 5.74) is 1.28. The average molecular weight is 176 g/mol. The first-order valence-corrected chi connectivity index (χ1v) is 4.70. The molecule has 0 fully saturated rings. The molecule has 0 bridgehead atoms. The first-order chi connectivity index (χ1) is 6.38. The van der Waals surface area contributed by atoms with Gasteiger partial charge in [-0.15, -0.1) is 0 Å². The Morgan fingerprint density at radius 1 is 1.38 bits per heavy atom. The van der Waals surface area contributed by atoms with Crippen LogP contribution in [0.25, 0.3) is 0 Å². The molecule has 0 aliphatic heterocycles. The van der Waals surface area contributed by atoms with E-state index in [-0.39, 0.29) is 0 Å². The molecule has 0 aliphatic carbocycles. The van der Waals surface area contributed by atoms with Crippen molar-refractivity contribution in [3.63, 3.8) is 0 Å². The molecule has 0 radical (unpaired) electrons. The minimum absolute atomic E-state index is 0.584. The highest BCUT2D eigenvalue weighted by atomic mass is 16.5. The summed E-state index contributed by atoms with van der Waals surface area (Å²) in [5, 5.41) is 0. The van der Waals surface area contributed by atoms with Gasteiger partial charge < -0.3 is 4.74 Å². The molecule has 13 heavy (non-hydrogen) atoms. The van der Waals surface area contributed by atoms with Crippen molar-refractivity contribution in [2.24, 2.45) is 0 Å². The minimum Gasteiger partial charge on any atom is -0.489 e. The van der Waals surface area contributed by atoms with Gasteiger partial charge in [0.15, 0.2) is 0 Å². The number of benzene rings is 1. The van der Waals surface area contributed by atoms with Crippen LogP contribution in [0.1, 0.15) is 18.9 Å². The van der Waals surface area contributed by atoms with Crippen LogP contribution in [0, 0.1) is 0 Å². The Labute approximate surface area is 80.0 Å². The van der Waals surface area contributed by atoms with Crippen molar-refractivity contribution in [1.82, 2.24) is 0 Å². The van der Waals surface area contributed by atoms with Crippen molar-refractivity contribution in [3.8, 4) is 5.75 Å². The van der Waals surface area contributed by atoms with Crippen LogP contribution in [0.4, 0.5) is 0 Å². The maximum Gasteiger partial charge on any atom is 0.122 e. The molecular weight excluding hydrogens is 160 g/mol. The van der Waals surface area contributed by atoms with E-state index in [2.05, 4.69) is 19.6 Å². The van der Waals surface area contributed by atoms with Gasteiger partial charge in [0.2, 0.25) is 0 Å². The Bertz CT molecular complexity index is 266. The summed E-state index contributed by atoms with van der Waals surface area (Å²) in [5.74, 6) is 0.990. The standard InChI is InChI=1S/C12H16O/c1-3-7-11-8-5-6-9-12(11)13-10-4-2/h4-6,8-9H,2-3,7,10H2,1H3. The number of aryl methyl sites for hydroxylation is 1. The first-order valence-electron chi connectivity index (χ1n) is 4.70. The van der Waals surface area contributed by atoms with Crippen LogP contribution in [-0.4, -0.2) is 6.61 Å². The highest BCUT2D eigenvalue weighted by molar-refractivity contribution is 5.33. The van der Waals surface area contributed by atoms with Gasteiger partial charge >= 0.3 is 0 Å². The van der Waals surface area contributed by atoms with Crippen LogP contribution in [0.2, 0.25) is 0 Å². The zero-order valence-corrected chi connectivity index (χ0v) is 8.12. The van der Waals surface area contributed by atoms with Crippen molar-refractivity contribution in [1.29, 1.82) is 0 Å². The summed E-state index contributed by atoms with van der Waals surface area (Å²) in [7, 11) is 0. The van der Waals surface area contributed by atoms with Crippen molar-refractivity contribution in [3.05, 3.63) is 42.5 Å². The highest BCUT2D eigenvalue weighted by Crippen LogP contribution is 2.19. The third-order valence-corrected chi connectivity index (χ3v) is 1.85. The van der Waals surface area contributed by atoms with E-state index in [0.29, 0.717) is 6.61 Å². The molecule has 1 nitrogen and oxygen atoms in total. The van der Waals surface area contributed by atoms with Crippen LogP contribution < -0.4 is 4.74 Å². The zero-order valence-electron chi connectivity index (χ0n) is 8.12. The van der Waals surface area contributed by atoms with Gasteiger partial charge in [0, 0.05) is 0 Å². The Balaban J connectivity index is 2.71. The van der Waals surface area contributed by atoms with Crippen LogP contribution >= 0.6 is 0 Å². The smallest absolute Gasteiger partial charge is 0.122 e. The Kier molecular flexibility index (Phi) is 4.10. The quantitative estimate of drug-likeness (QED) is 0.626. The number of ether oxygens (including phenoxy) is 1. The third-order valence-electron chi connectivity index (χ3n) is 1.85. The topological polar surface area (TPSA) is 9.23 Å². The van der Waals surface area contributed by atoms with E-state index in [1.54, 1.807) is 6.08 Å². The molecular formula is C12H16O. The lowest BCUT2D eigenvalue weighted by Gasteiger charge is -2.08. The second-order valence-corrected chi connectivity index (χ2v) is 2.96.